The summed E-state index contributed by atoms with van der Waals surface area (Å²) in [7, 11) is 0. The van der Waals surface area contributed by atoms with Crippen LogP contribution in [-0.4, -0.2) is 26.4 Å². The van der Waals surface area contributed by atoms with Crippen molar-refractivity contribution in [3.05, 3.63) is 70.9 Å². The summed E-state index contributed by atoms with van der Waals surface area (Å²) in [4.78, 5) is 4.67. The number of H-pyrrole nitrogens is 1. The Labute approximate surface area is 235 Å². The predicted molar refractivity (Wildman–Crippen MR) is 163 cm³/mol. The number of fused-ring (bicyclic) bond motifs is 1. The fourth-order valence-electron chi connectivity index (χ4n) is 5.78. The highest BCUT2D eigenvalue weighted by atomic mass is 16.5. The van der Waals surface area contributed by atoms with Gasteiger partial charge in [0.2, 0.25) is 0 Å². The van der Waals surface area contributed by atoms with Crippen LogP contribution in [0.3, 0.4) is 0 Å². The third-order valence-electron chi connectivity index (χ3n) is 7.44. The number of aryl methyl sites for hydroxylation is 1. The summed E-state index contributed by atoms with van der Waals surface area (Å²) in [5.41, 5.74) is 7.16. The molecule has 0 spiro atoms. The summed E-state index contributed by atoms with van der Waals surface area (Å²) in [5.74, 6) is 1.75. The molecule has 0 atom stereocenters. The average molecular weight is 529 g/mol. The van der Waals surface area contributed by atoms with Gasteiger partial charge in [-0.15, -0.1) is 5.10 Å². The van der Waals surface area contributed by atoms with E-state index in [1.54, 1.807) is 4.63 Å². The Morgan fingerprint density at radius 2 is 1.59 bits per heavy atom. The lowest BCUT2D eigenvalue weighted by molar-refractivity contribution is 0.282. The zero-order valence-electron chi connectivity index (χ0n) is 25.2. The second-order valence-corrected chi connectivity index (χ2v) is 13.1. The Hall–Kier alpha value is -3.08. The van der Waals surface area contributed by atoms with E-state index in [1.165, 1.54) is 48.8 Å². The highest BCUT2D eigenvalue weighted by Gasteiger charge is 2.28. The first-order valence-electron chi connectivity index (χ1n) is 14.8. The fourth-order valence-corrected chi connectivity index (χ4v) is 5.78. The van der Waals surface area contributed by atoms with Crippen LogP contribution >= 0.6 is 0 Å². The molecule has 39 heavy (non-hydrogen) atoms. The minimum Gasteiger partial charge on any atom is -0.493 e. The van der Waals surface area contributed by atoms with Crippen LogP contribution in [-0.2, 0) is 11.8 Å². The molecule has 2 aromatic heterocycles. The molecule has 210 valence electrons. The number of nitrogens with zero attached hydrogens (tertiary/aromatic N) is 3. The summed E-state index contributed by atoms with van der Waals surface area (Å²) in [6.45, 7) is 16.8. The van der Waals surface area contributed by atoms with Gasteiger partial charge >= 0.3 is 0 Å². The summed E-state index contributed by atoms with van der Waals surface area (Å²) < 4.78 is 8.12. The number of hydrogen-bond acceptors (Lipinski definition) is 3. The number of unbranched alkanes of at least 4 members (excludes halogenated alkanes) is 5. The number of aromatic nitrogens is 4. The second-order valence-electron chi connectivity index (χ2n) is 13.1. The number of ether oxygens (including phenoxy) is 1. The summed E-state index contributed by atoms with van der Waals surface area (Å²) in [6.07, 6.45) is 9.57. The van der Waals surface area contributed by atoms with Crippen molar-refractivity contribution in [2.24, 2.45) is 5.41 Å². The van der Waals surface area contributed by atoms with Gasteiger partial charge in [-0.1, -0.05) is 110 Å². The van der Waals surface area contributed by atoms with Crippen LogP contribution in [0.15, 0.2) is 48.5 Å². The zero-order valence-corrected chi connectivity index (χ0v) is 25.2. The van der Waals surface area contributed by atoms with E-state index in [0.717, 1.165) is 54.3 Å². The number of benzene rings is 2. The van der Waals surface area contributed by atoms with Crippen molar-refractivity contribution in [3.63, 3.8) is 0 Å². The number of aromatic amines is 1. The molecule has 0 amide bonds. The Kier molecular flexibility index (Phi) is 9.19. The normalized spacial score (nSPS) is 12.4. The van der Waals surface area contributed by atoms with E-state index in [9.17, 15) is 0 Å². The van der Waals surface area contributed by atoms with Crippen LogP contribution < -0.4 is 4.74 Å². The van der Waals surface area contributed by atoms with Gasteiger partial charge in [0.25, 0.3) is 0 Å². The number of nitrogens with one attached hydrogen (secondary N) is 1. The zero-order chi connectivity index (χ0) is 28.0. The van der Waals surface area contributed by atoms with E-state index < -0.39 is 0 Å². The Morgan fingerprint density at radius 3 is 2.28 bits per heavy atom. The molecule has 4 rings (SSSR count). The van der Waals surface area contributed by atoms with Crippen molar-refractivity contribution >= 4 is 5.65 Å². The largest absolute Gasteiger partial charge is 0.493 e. The molecule has 0 saturated carbocycles. The van der Waals surface area contributed by atoms with Gasteiger partial charge in [-0.25, -0.2) is 4.98 Å². The van der Waals surface area contributed by atoms with E-state index in [0.29, 0.717) is 0 Å². The van der Waals surface area contributed by atoms with Crippen LogP contribution in [0, 0.1) is 12.3 Å². The lowest BCUT2D eigenvalue weighted by Crippen LogP contribution is -2.25. The third kappa shape index (κ3) is 7.97. The molecule has 4 aromatic rings. The van der Waals surface area contributed by atoms with Crippen molar-refractivity contribution in [2.75, 3.05) is 6.61 Å². The average Bonchev–Trinajstić information content (AvgIpc) is 3.41. The molecule has 0 bridgehead atoms. The second kappa shape index (κ2) is 12.4. The lowest BCUT2D eigenvalue weighted by atomic mass is 9.72. The van der Waals surface area contributed by atoms with Crippen LogP contribution in [0.5, 0.6) is 5.75 Å². The summed E-state index contributed by atoms with van der Waals surface area (Å²) in [5, 5.41) is 7.79. The van der Waals surface area contributed by atoms with Crippen molar-refractivity contribution in [2.45, 2.75) is 105 Å². The van der Waals surface area contributed by atoms with Crippen molar-refractivity contribution < 1.29 is 4.74 Å². The highest BCUT2D eigenvalue weighted by Crippen LogP contribution is 2.38. The van der Waals surface area contributed by atoms with Gasteiger partial charge in [-0.2, -0.15) is 4.63 Å². The summed E-state index contributed by atoms with van der Waals surface area (Å²) >= 11 is 0. The minimum absolute atomic E-state index is 0.0860. The molecule has 0 aliphatic heterocycles. The number of rotatable bonds is 13. The van der Waals surface area contributed by atoms with Gasteiger partial charge < -0.3 is 4.74 Å². The Balaban J connectivity index is 1.51. The molecule has 0 fully saturated rings. The quantitative estimate of drug-likeness (QED) is 0.176. The molecule has 5 nitrogen and oxygen atoms in total. The molecule has 1 N–H and O–H groups in total. The highest BCUT2D eigenvalue weighted by molar-refractivity contribution is 5.59. The fraction of sp³-hybridized carbons (Fsp3) is 0.529. The minimum atomic E-state index is 0.0860. The topological polar surface area (TPSA) is 55.2 Å². The monoisotopic (exact) mass is 528 g/mol. The van der Waals surface area contributed by atoms with Crippen LogP contribution in [0.2, 0.25) is 0 Å². The molecule has 0 aliphatic rings. The van der Waals surface area contributed by atoms with Crippen molar-refractivity contribution in [1.82, 2.24) is 19.8 Å². The first kappa shape index (κ1) is 28.9. The van der Waals surface area contributed by atoms with Crippen LogP contribution in [0.25, 0.3) is 17.0 Å². The van der Waals surface area contributed by atoms with E-state index in [-0.39, 0.29) is 10.8 Å². The smallest absolute Gasteiger partial charge is 0.183 e. The maximum absolute atomic E-state index is 6.39. The van der Waals surface area contributed by atoms with Gasteiger partial charge in [-0.05, 0) is 53.4 Å². The molecule has 5 heteroatoms. The van der Waals surface area contributed by atoms with Gasteiger partial charge in [0.15, 0.2) is 11.5 Å². The standard InChI is InChI=1S/C34H48N4O/c1-8-9-10-11-12-13-20-39-30-19-18-29(34(6,7)24-33(3,4)5)23-28(30)22-26-14-16-27(17-15-26)32-35-31-21-25(2)36-38(31)37-32/h14-19,21,23,36H,8-13,20,22,24H2,1-7H3. The molecule has 0 aliphatic carbocycles. The van der Waals surface area contributed by atoms with Gasteiger partial charge in [0, 0.05) is 23.7 Å². The predicted octanol–water partition coefficient (Wildman–Crippen LogP) is 9.08. The molecular weight excluding hydrogens is 480 g/mol. The van der Waals surface area contributed by atoms with E-state index >= 15 is 0 Å². The third-order valence-corrected chi connectivity index (χ3v) is 7.44. The molecule has 2 heterocycles. The summed E-state index contributed by atoms with van der Waals surface area (Å²) in [6, 6.07) is 17.5. The van der Waals surface area contributed by atoms with Gasteiger partial charge in [-0.3, -0.25) is 5.10 Å². The maximum Gasteiger partial charge on any atom is 0.183 e. The van der Waals surface area contributed by atoms with E-state index in [4.69, 9.17) is 4.74 Å². The molecule has 0 radical (unpaired) electrons. The van der Waals surface area contributed by atoms with Crippen molar-refractivity contribution in [3.8, 4) is 17.1 Å². The first-order chi connectivity index (χ1) is 18.5. The molecule has 2 aromatic carbocycles. The van der Waals surface area contributed by atoms with Crippen molar-refractivity contribution in [1.29, 1.82) is 0 Å². The van der Waals surface area contributed by atoms with Crippen LogP contribution in [0.1, 0.15) is 109 Å². The SMILES string of the molecule is CCCCCCCCOc1ccc(C(C)(C)CC(C)(C)C)cc1Cc1ccc(-c2nc3cc(C)[nH]n3n2)cc1. The molecular formula is C34H48N4O. The van der Waals surface area contributed by atoms with Crippen LogP contribution in [0.4, 0.5) is 0 Å². The lowest BCUT2D eigenvalue weighted by Gasteiger charge is -2.33. The molecule has 0 unspecified atom stereocenters. The number of hydrogen-bond donors (Lipinski definition) is 1. The Morgan fingerprint density at radius 1 is 0.872 bits per heavy atom. The van der Waals surface area contributed by atoms with E-state index in [1.807, 2.05) is 13.0 Å². The first-order valence-corrected chi connectivity index (χ1v) is 14.8. The maximum atomic E-state index is 6.39. The van der Waals surface area contributed by atoms with E-state index in [2.05, 4.69) is 99.2 Å². The van der Waals surface area contributed by atoms with Gasteiger partial charge in [0.1, 0.15) is 5.75 Å². The Bertz CT molecular complexity index is 1310. The van der Waals surface area contributed by atoms with Gasteiger partial charge in [0.05, 0.1) is 6.61 Å². The molecule has 0 saturated heterocycles.